The van der Waals surface area contributed by atoms with Crippen molar-refractivity contribution in [2.24, 2.45) is 0 Å². The van der Waals surface area contributed by atoms with E-state index in [-0.39, 0.29) is 5.63 Å². The normalized spacial score (nSPS) is 16.1. The van der Waals surface area contributed by atoms with E-state index in [1.54, 1.807) is 11.3 Å². The molecule has 2 aromatic heterocycles. The third-order valence-corrected chi connectivity index (χ3v) is 4.93. The number of aromatic nitrogens is 1. The smallest absolute Gasteiger partial charge is 0.336 e. The summed E-state index contributed by atoms with van der Waals surface area (Å²) in [7, 11) is 0. The minimum absolute atomic E-state index is 0.308. The van der Waals surface area contributed by atoms with Gasteiger partial charge in [-0.15, -0.1) is 0 Å². The third-order valence-electron chi connectivity index (χ3n) is 3.77. The van der Waals surface area contributed by atoms with Crippen molar-refractivity contribution in [3.05, 3.63) is 34.7 Å². The van der Waals surface area contributed by atoms with Gasteiger partial charge in [0.05, 0.1) is 10.2 Å². The van der Waals surface area contributed by atoms with Gasteiger partial charge in [0.25, 0.3) is 0 Å². The van der Waals surface area contributed by atoms with Crippen LogP contribution < -0.4 is 10.5 Å². The number of piperidine rings is 1. The van der Waals surface area contributed by atoms with E-state index in [1.807, 2.05) is 18.2 Å². The molecule has 1 fully saturated rings. The van der Waals surface area contributed by atoms with Crippen LogP contribution in [-0.2, 0) is 0 Å². The standard InChI is InChI=1S/C15H14N2O2S/c18-13-7-4-10-12(19-13)6-5-11-14(10)20-15(16-11)17-8-2-1-3-9-17/h4-7H,1-3,8-9H2. The molecule has 0 N–H and O–H groups in total. The summed E-state index contributed by atoms with van der Waals surface area (Å²) in [6.07, 6.45) is 3.80. The zero-order valence-corrected chi connectivity index (χ0v) is 11.8. The molecule has 5 heteroatoms. The molecule has 102 valence electrons. The van der Waals surface area contributed by atoms with Crippen LogP contribution in [0.15, 0.2) is 33.5 Å². The van der Waals surface area contributed by atoms with Crippen LogP contribution in [0.4, 0.5) is 5.13 Å². The summed E-state index contributed by atoms with van der Waals surface area (Å²) in [5.41, 5.74) is 1.31. The maximum Gasteiger partial charge on any atom is 0.336 e. The zero-order valence-electron chi connectivity index (χ0n) is 11.0. The fourth-order valence-electron chi connectivity index (χ4n) is 2.74. The first kappa shape index (κ1) is 11.9. The van der Waals surface area contributed by atoms with Gasteiger partial charge in [-0.1, -0.05) is 11.3 Å². The molecular formula is C15H14N2O2S. The van der Waals surface area contributed by atoms with Gasteiger partial charge in [0.2, 0.25) is 0 Å². The molecular weight excluding hydrogens is 272 g/mol. The molecule has 4 rings (SSSR count). The van der Waals surface area contributed by atoms with Gasteiger partial charge in [-0.3, -0.25) is 0 Å². The number of benzene rings is 1. The summed E-state index contributed by atoms with van der Waals surface area (Å²) in [4.78, 5) is 18.4. The van der Waals surface area contributed by atoms with Crippen molar-refractivity contribution in [3.8, 4) is 0 Å². The molecule has 1 saturated heterocycles. The first-order valence-electron chi connectivity index (χ1n) is 6.90. The van der Waals surface area contributed by atoms with E-state index >= 15 is 0 Å². The highest BCUT2D eigenvalue weighted by atomic mass is 32.1. The Kier molecular flexibility index (Phi) is 2.73. The van der Waals surface area contributed by atoms with Gasteiger partial charge < -0.3 is 9.32 Å². The molecule has 0 unspecified atom stereocenters. The van der Waals surface area contributed by atoms with Crippen LogP contribution in [0.5, 0.6) is 0 Å². The minimum atomic E-state index is -0.308. The maximum absolute atomic E-state index is 11.3. The van der Waals surface area contributed by atoms with Crippen molar-refractivity contribution >= 4 is 37.7 Å². The van der Waals surface area contributed by atoms with Crippen LogP contribution >= 0.6 is 11.3 Å². The molecule has 1 aromatic carbocycles. The van der Waals surface area contributed by atoms with Crippen molar-refractivity contribution in [2.45, 2.75) is 19.3 Å². The number of thiazole rings is 1. The molecule has 3 heterocycles. The van der Waals surface area contributed by atoms with Gasteiger partial charge in [0.1, 0.15) is 5.58 Å². The lowest BCUT2D eigenvalue weighted by Crippen LogP contribution is -2.29. The van der Waals surface area contributed by atoms with Crippen molar-refractivity contribution in [1.82, 2.24) is 4.98 Å². The average Bonchev–Trinajstić information content (AvgIpc) is 2.92. The number of hydrogen-bond donors (Lipinski definition) is 0. The molecule has 0 atom stereocenters. The highest BCUT2D eigenvalue weighted by Crippen LogP contribution is 2.34. The lowest BCUT2D eigenvalue weighted by Gasteiger charge is -2.25. The number of nitrogens with zero attached hydrogens (tertiary/aromatic N) is 2. The molecule has 3 aromatic rings. The average molecular weight is 286 g/mol. The van der Waals surface area contributed by atoms with Crippen LogP contribution in [0.2, 0.25) is 0 Å². The third kappa shape index (κ3) is 1.89. The van der Waals surface area contributed by atoms with Crippen molar-refractivity contribution in [2.75, 3.05) is 18.0 Å². The highest BCUT2D eigenvalue weighted by Gasteiger charge is 2.16. The predicted molar refractivity (Wildman–Crippen MR) is 81.7 cm³/mol. The van der Waals surface area contributed by atoms with E-state index in [0.717, 1.165) is 33.8 Å². The molecule has 0 saturated carbocycles. The van der Waals surface area contributed by atoms with Gasteiger partial charge in [-0.2, -0.15) is 0 Å². The summed E-state index contributed by atoms with van der Waals surface area (Å²) in [5, 5.41) is 2.06. The Morgan fingerprint density at radius 2 is 1.95 bits per heavy atom. The Morgan fingerprint density at radius 3 is 2.80 bits per heavy atom. The van der Waals surface area contributed by atoms with Gasteiger partial charge in [-0.05, 0) is 37.5 Å². The number of hydrogen-bond acceptors (Lipinski definition) is 5. The summed E-state index contributed by atoms with van der Waals surface area (Å²) < 4.78 is 6.34. The number of anilines is 1. The molecule has 0 bridgehead atoms. The van der Waals surface area contributed by atoms with Gasteiger partial charge in [-0.25, -0.2) is 9.78 Å². The highest BCUT2D eigenvalue weighted by molar-refractivity contribution is 7.23. The first-order valence-corrected chi connectivity index (χ1v) is 7.71. The van der Waals surface area contributed by atoms with Gasteiger partial charge >= 0.3 is 5.63 Å². The Labute approximate surface area is 119 Å². The number of fused-ring (bicyclic) bond motifs is 3. The summed E-state index contributed by atoms with van der Waals surface area (Å²) in [6.45, 7) is 2.18. The Morgan fingerprint density at radius 1 is 1.10 bits per heavy atom. The summed E-state index contributed by atoms with van der Waals surface area (Å²) >= 11 is 1.69. The molecule has 4 nitrogen and oxygen atoms in total. The Balaban J connectivity index is 1.89. The van der Waals surface area contributed by atoms with Crippen LogP contribution in [0.25, 0.3) is 21.2 Å². The lowest BCUT2D eigenvalue weighted by molar-refractivity contribution is 0.561. The Hall–Kier alpha value is -1.88. The lowest BCUT2D eigenvalue weighted by atomic mass is 10.1. The molecule has 20 heavy (non-hydrogen) atoms. The summed E-state index contributed by atoms with van der Waals surface area (Å²) in [6, 6.07) is 7.08. The number of rotatable bonds is 1. The van der Waals surface area contributed by atoms with Gasteiger partial charge in [0.15, 0.2) is 5.13 Å². The monoisotopic (exact) mass is 286 g/mol. The fraction of sp³-hybridized carbons (Fsp3) is 0.333. The van der Waals surface area contributed by atoms with Crippen LogP contribution in [0.3, 0.4) is 0 Å². The topological polar surface area (TPSA) is 46.3 Å². The molecule has 0 spiro atoms. The quantitative estimate of drug-likeness (QED) is 0.643. The molecule has 1 aliphatic heterocycles. The SMILES string of the molecule is O=c1ccc2c(ccc3nc(N4CCCCC4)sc32)o1. The minimum Gasteiger partial charge on any atom is -0.423 e. The van der Waals surface area contributed by atoms with Crippen molar-refractivity contribution < 1.29 is 4.42 Å². The zero-order chi connectivity index (χ0) is 13.5. The van der Waals surface area contributed by atoms with E-state index in [9.17, 15) is 4.79 Å². The maximum atomic E-state index is 11.3. The molecule has 0 amide bonds. The van der Waals surface area contributed by atoms with E-state index in [2.05, 4.69) is 4.90 Å². The molecule has 0 aliphatic carbocycles. The van der Waals surface area contributed by atoms with Gasteiger partial charge in [0, 0.05) is 24.5 Å². The van der Waals surface area contributed by atoms with Crippen molar-refractivity contribution in [1.29, 1.82) is 0 Å². The first-order chi connectivity index (χ1) is 9.81. The molecule has 1 aliphatic rings. The second kappa shape index (κ2) is 4.59. The largest absolute Gasteiger partial charge is 0.423 e. The predicted octanol–water partition coefficient (Wildman–Crippen LogP) is 3.39. The van der Waals surface area contributed by atoms with Crippen molar-refractivity contribution in [3.63, 3.8) is 0 Å². The second-order valence-corrected chi connectivity index (χ2v) is 6.10. The van der Waals surface area contributed by atoms with E-state index < -0.39 is 0 Å². The van der Waals surface area contributed by atoms with Crippen LogP contribution in [0, 0.1) is 0 Å². The Bertz CT molecular complexity index is 831. The molecule has 0 radical (unpaired) electrons. The van der Waals surface area contributed by atoms with Crippen LogP contribution in [0.1, 0.15) is 19.3 Å². The summed E-state index contributed by atoms with van der Waals surface area (Å²) in [5.74, 6) is 0. The second-order valence-electron chi connectivity index (χ2n) is 5.12. The fourth-order valence-corrected chi connectivity index (χ4v) is 3.88. The van der Waals surface area contributed by atoms with E-state index in [0.29, 0.717) is 5.58 Å². The van der Waals surface area contributed by atoms with E-state index in [4.69, 9.17) is 9.40 Å². The van der Waals surface area contributed by atoms with Crippen LogP contribution in [-0.4, -0.2) is 18.1 Å². The van der Waals surface area contributed by atoms with E-state index in [1.165, 1.54) is 25.3 Å².